The van der Waals surface area contributed by atoms with Gasteiger partial charge >= 0.3 is 11.9 Å². The molecule has 0 aromatic heterocycles. The molecule has 0 spiro atoms. The van der Waals surface area contributed by atoms with Crippen LogP contribution in [0.4, 0.5) is 0 Å². The summed E-state index contributed by atoms with van der Waals surface area (Å²) in [5.74, 6) is -3.45. The van der Waals surface area contributed by atoms with E-state index in [1.54, 1.807) is 0 Å². The van der Waals surface area contributed by atoms with Crippen LogP contribution in [0.5, 0.6) is 0 Å². The third kappa shape index (κ3) is 8.77. The number of carboxylic acids is 2. The van der Waals surface area contributed by atoms with Crippen LogP contribution in [-0.4, -0.2) is 52.1 Å². The highest BCUT2D eigenvalue weighted by Crippen LogP contribution is 2.06. The standard InChI is InChI=1S/C14H25N3O6/c1-7(2)6-10(13(21)16-8(3)14(22)23)17-12(20)9(15)4-5-11(18)19/h7-10H,4-6,15H2,1-3H3,(H,16,21)(H,17,20)(H,18,19)(H,22,23)/t8-,9-,10-/m0/s1. The average molecular weight is 331 g/mol. The van der Waals surface area contributed by atoms with E-state index in [1.165, 1.54) is 6.92 Å². The van der Waals surface area contributed by atoms with Crippen LogP contribution in [-0.2, 0) is 19.2 Å². The summed E-state index contributed by atoms with van der Waals surface area (Å²) in [5.41, 5.74) is 5.59. The lowest BCUT2D eigenvalue weighted by molar-refractivity contribution is -0.141. The molecule has 0 aliphatic carbocycles. The first-order chi connectivity index (χ1) is 10.5. The molecule has 0 rings (SSSR count). The van der Waals surface area contributed by atoms with Crippen LogP contribution in [0.3, 0.4) is 0 Å². The first kappa shape index (κ1) is 20.8. The van der Waals surface area contributed by atoms with Gasteiger partial charge in [0.25, 0.3) is 0 Å². The Morgan fingerprint density at radius 1 is 1.00 bits per heavy atom. The number of carbonyl (C=O) groups excluding carboxylic acids is 2. The zero-order valence-electron chi connectivity index (χ0n) is 13.5. The molecule has 0 fully saturated rings. The first-order valence-electron chi connectivity index (χ1n) is 7.35. The summed E-state index contributed by atoms with van der Waals surface area (Å²) in [6.07, 6.45) is -0.00997. The van der Waals surface area contributed by atoms with Crippen molar-refractivity contribution >= 4 is 23.8 Å². The highest BCUT2D eigenvalue weighted by molar-refractivity contribution is 5.91. The fourth-order valence-corrected chi connectivity index (χ4v) is 1.77. The predicted octanol–water partition coefficient (Wildman–Crippen LogP) is -0.701. The Kier molecular flexibility index (Phi) is 8.86. The fraction of sp³-hybridized carbons (Fsp3) is 0.714. The van der Waals surface area contributed by atoms with Crippen molar-refractivity contribution < 1.29 is 29.4 Å². The Balaban J connectivity index is 4.77. The van der Waals surface area contributed by atoms with Gasteiger partial charge in [0.1, 0.15) is 12.1 Å². The van der Waals surface area contributed by atoms with Crippen molar-refractivity contribution in [3.63, 3.8) is 0 Å². The maximum absolute atomic E-state index is 12.1. The quantitative estimate of drug-likeness (QED) is 0.354. The maximum atomic E-state index is 12.1. The predicted molar refractivity (Wildman–Crippen MR) is 81.5 cm³/mol. The summed E-state index contributed by atoms with van der Waals surface area (Å²) in [6, 6.07) is -3.07. The molecule has 9 heteroatoms. The smallest absolute Gasteiger partial charge is 0.325 e. The lowest BCUT2D eigenvalue weighted by Crippen LogP contribution is -2.54. The van der Waals surface area contributed by atoms with Gasteiger partial charge in [0.15, 0.2) is 0 Å². The fourth-order valence-electron chi connectivity index (χ4n) is 1.77. The highest BCUT2D eigenvalue weighted by Gasteiger charge is 2.26. The Hall–Kier alpha value is -2.16. The summed E-state index contributed by atoms with van der Waals surface area (Å²) in [4.78, 5) is 45.3. The molecule has 23 heavy (non-hydrogen) atoms. The monoisotopic (exact) mass is 331 g/mol. The third-order valence-electron chi connectivity index (χ3n) is 3.08. The van der Waals surface area contributed by atoms with Crippen molar-refractivity contribution in [3.8, 4) is 0 Å². The summed E-state index contributed by atoms with van der Waals surface area (Å²) in [7, 11) is 0. The zero-order valence-corrected chi connectivity index (χ0v) is 13.5. The minimum atomic E-state index is -1.19. The van der Waals surface area contributed by atoms with Crippen molar-refractivity contribution in [2.45, 2.75) is 58.2 Å². The first-order valence-corrected chi connectivity index (χ1v) is 7.35. The molecule has 3 atom stereocenters. The lowest BCUT2D eigenvalue weighted by atomic mass is 10.0. The molecule has 0 aliphatic rings. The van der Waals surface area contributed by atoms with Crippen LogP contribution in [0.25, 0.3) is 0 Å². The molecule has 0 aromatic rings. The van der Waals surface area contributed by atoms with Crippen molar-refractivity contribution in [1.82, 2.24) is 10.6 Å². The number of carbonyl (C=O) groups is 4. The van der Waals surface area contributed by atoms with E-state index in [0.717, 1.165) is 0 Å². The molecular formula is C14H25N3O6. The van der Waals surface area contributed by atoms with Gasteiger partial charge in [0.2, 0.25) is 11.8 Å². The number of aliphatic carboxylic acids is 2. The number of nitrogens with one attached hydrogen (secondary N) is 2. The SMILES string of the molecule is CC(C)C[C@H](NC(=O)[C@@H](N)CCC(=O)O)C(=O)N[C@@H](C)C(=O)O. The topological polar surface area (TPSA) is 159 Å². The molecule has 9 nitrogen and oxygen atoms in total. The summed E-state index contributed by atoms with van der Waals surface area (Å²) in [5, 5.41) is 22.1. The van der Waals surface area contributed by atoms with Gasteiger partial charge in [-0.05, 0) is 25.7 Å². The van der Waals surface area contributed by atoms with Crippen molar-refractivity contribution in [3.05, 3.63) is 0 Å². The minimum Gasteiger partial charge on any atom is -0.481 e. The Morgan fingerprint density at radius 3 is 2.00 bits per heavy atom. The molecule has 0 unspecified atom stereocenters. The number of amides is 2. The van der Waals surface area contributed by atoms with Crippen LogP contribution in [0, 0.1) is 5.92 Å². The molecule has 0 heterocycles. The van der Waals surface area contributed by atoms with Crippen LogP contribution >= 0.6 is 0 Å². The molecule has 0 saturated carbocycles. The van der Waals surface area contributed by atoms with Crippen LogP contribution in [0.2, 0.25) is 0 Å². The number of carboxylic acid groups (broad SMARTS) is 2. The Bertz CT molecular complexity index is 452. The third-order valence-corrected chi connectivity index (χ3v) is 3.08. The van der Waals surface area contributed by atoms with Crippen molar-refractivity contribution in [2.24, 2.45) is 11.7 Å². The summed E-state index contributed by atoms with van der Waals surface area (Å²) in [6.45, 7) is 5.00. The number of hydrogen-bond acceptors (Lipinski definition) is 5. The highest BCUT2D eigenvalue weighted by atomic mass is 16.4. The summed E-state index contributed by atoms with van der Waals surface area (Å²) < 4.78 is 0. The molecule has 0 aliphatic heterocycles. The molecule has 132 valence electrons. The van der Waals surface area contributed by atoms with E-state index in [1.807, 2.05) is 13.8 Å². The normalized spacial score (nSPS) is 14.7. The number of hydrogen-bond donors (Lipinski definition) is 5. The second kappa shape index (κ2) is 9.78. The van der Waals surface area contributed by atoms with E-state index in [9.17, 15) is 19.2 Å². The molecule has 6 N–H and O–H groups in total. The number of nitrogens with two attached hydrogens (primary N) is 1. The molecule has 0 aromatic carbocycles. The molecule has 0 saturated heterocycles. The van der Waals surface area contributed by atoms with E-state index in [2.05, 4.69) is 10.6 Å². The second-order valence-corrected chi connectivity index (χ2v) is 5.80. The van der Waals surface area contributed by atoms with Gasteiger partial charge < -0.3 is 26.6 Å². The van der Waals surface area contributed by atoms with Gasteiger partial charge in [-0.15, -0.1) is 0 Å². The van der Waals surface area contributed by atoms with Crippen LogP contribution in [0.15, 0.2) is 0 Å². The van der Waals surface area contributed by atoms with E-state index in [0.29, 0.717) is 6.42 Å². The Labute approximate surface area is 134 Å². The van der Waals surface area contributed by atoms with E-state index in [-0.39, 0.29) is 18.8 Å². The van der Waals surface area contributed by atoms with Crippen LogP contribution in [0.1, 0.15) is 40.0 Å². The molecule has 2 amide bonds. The van der Waals surface area contributed by atoms with Gasteiger partial charge in [0, 0.05) is 6.42 Å². The second-order valence-electron chi connectivity index (χ2n) is 5.80. The number of rotatable bonds is 10. The van der Waals surface area contributed by atoms with Gasteiger partial charge in [-0.25, -0.2) is 0 Å². The van der Waals surface area contributed by atoms with Gasteiger partial charge in [-0.1, -0.05) is 13.8 Å². The van der Waals surface area contributed by atoms with Gasteiger partial charge in [0.05, 0.1) is 6.04 Å². The average Bonchev–Trinajstić information content (AvgIpc) is 2.42. The molecule has 0 bridgehead atoms. The van der Waals surface area contributed by atoms with E-state index in [4.69, 9.17) is 15.9 Å². The van der Waals surface area contributed by atoms with Crippen molar-refractivity contribution in [2.75, 3.05) is 0 Å². The lowest BCUT2D eigenvalue weighted by Gasteiger charge is -2.23. The minimum absolute atomic E-state index is 0.0529. The van der Waals surface area contributed by atoms with Crippen molar-refractivity contribution in [1.29, 1.82) is 0 Å². The molecule has 0 radical (unpaired) electrons. The zero-order chi connectivity index (χ0) is 18.2. The largest absolute Gasteiger partial charge is 0.481 e. The molecular weight excluding hydrogens is 306 g/mol. The Morgan fingerprint density at radius 2 is 1.57 bits per heavy atom. The van der Waals surface area contributed by atoms with Gasteiger partial charge in [-0.2, -0.15) is 0 Å². The van der Waals surface area contributed by atoms with Crippen LogP contribution < -0.4 is 16.4 Å². The summed E-state index contributed by atoms with van der Waals surface area (Å²) >= 11 is 0. The van der Waals surface area contributed by atoms with E-state index < -0.39 is 41.9 Å². The van der Waals surface area contributed by atoms with Gasteiger partial charge in [-0.3, -0.25) is 19.2 Å². The van der Waals surface area contributed by atoms with E-state index >= 15 is 0 Å². The maximum Gasteiger partial charge on any atom is 0.325 e.